The molecule has 2 fully saturated rings. The van der Waals surface area contributed by atoms with E-state index >= 15 is 0 Å². The highest BCUT2D eigenvalue weighted by Crippen LogP contribution is 2.25. The quantitative estimate of drug-likeness (QED) is 0.497. The van der Waals surface area contributed by atoms with Gasteiger partial charge < -0.3 is 9.80 Å². The van der Waals surface area contributed by atoms with Gasteiger partial charge in [0.2, 0.25) is 0 Å². The van der Waals surface area contributed by atoms with E-state index in [9.17, 15) is 14.4 Å². The predicted molar refractivity (Wildman–Crippen MR) is 151 cm³/mol. The third kappa shape index (κ3) is 5.81. The molecule has 2 saturated heterocycles. The van der Waals surface area contributed by atoms with Crippen molar-refractivity contribution < 1.29 is 14.4 Å². The van der Waals surface area contributed by atoms with Crippen LogP contribution in [0, 0.1) is 0 Å². The van der Waals surface area contributed by atoms with Gasteiger partial charge in [0.1, 0.15) is 0 Å². The molecule has 0 bridgehead atoms. The summed E-state index contributed by atoms with van der Waals surface area (Å²) in [6.45, 7) is 15.1. The second-order valence-corrected chi connectivity index (χ2v) is 11.8. The van der Waals surface area contributed by atoms with Crippen molar-refractivity contribution in [3.8, 4) is 0 Å². The fourth-order valence-electron chi connectivity index (χ4n) is 5.44. The number of piperazine rings is 2. The van der Waals surface area contributed by atoms with Crippen molar-refractivity contribution in [1.29, 1.82) is 0 Å². The zero-order valence-corrected chi connectivity index (χ0v) is 23.8. The van der Waals surface area contributed by atoms with Crippen LogP contribution in [0.25, 0.3) is 0 Å². The molecule has 2 aliphatic heterocycles. The maximum Gasteiger partial charge on any atom is 0.193 e. The highest BCUT2D eigenvalue weighted by atomic mass is 16.1. The number of rotatable bonds is 8. The molecule has 0 atom stereocenters. The first-order valence-corrected chi connectivity index (χ1v) is 13.6. The first-order chi connectivity index (χ1) is 17.9. The lowest BCUT2D eigenvalue weighted by Gasteiger charge is -2.42. The average molecular weight is 519 g/mol. The van der Waals surface area contributed by atoms with Gasteiger partial charge in [-0.2, -0.15) is 0 Å². The number of benzene rings is 2. The predicted octanol–water partition coefficient (Wildman–Crippen LogP) is 3.34. The summed E-state index contributed by atoms with van der Waals surface area (Å²) in [4.78, 5) is 48.9. The van der Waals surface area contributed by atoms with Gasteiger partial charge in [-0.3, -0.25) is 24.2 Å². The summed E-state index contributed by atoms with van der Waals surface area (Å²) in [5.74, 6) is -0.00146. The van der Waals surface area contributed by atoms with E-state index in [-0.39, 0.29) is 17.3 Å². The van der Waals surface area contributed by atoms with Crippen molar-refractivity contribution in [3.05, 3.63) is 70.8 Å². The van der Waals surface area contributed by atoms with Gasteiger partial charge in [0.25, 0.3) is 0 Å². The van der Waals surface area contributed by atoms with Crippen molar-refractivity contribution in [2.75, 3.05) is 66.5 Å². The molecule has 7 heteroatoms. The normalized spacial score (nSPS) is 18.9. The monoisotopic (exact) mass is 518 g/mol. The van der Waals surface area contributed by atoms with E-state index < -0.39 is 11.1 Å². The van der Waals surface area contributed by atoms with Crippen molar-refractivity contribution in [2.24, 2.45) is 0 Å². The minimum atomic E-state index is -0.604. The Morgan fingerprint density at radius 1 is 0.500 bits per heavy atom. The van der Waals surface area contributed by atoms with Crippen LogP contribution in [0.5, 0.6) is 0 Å². The van der Waals surface area contributed by atoms with Crippen molar-refractivity contribution >= 4 is 17.3 Å². The largest absolute Gasteiger partial charge is 0.304 e. The van der Waals surface area contributed by atoms with Crippen molar-refractivity contribution in [3.63, 3.8) is 0 Å². The van der Waals surface area contributed by atoms with Crippen LogP contribution in [0.4, 0.5) is 0 Å². The highest BCUT2D eigenvalue weighted by Gasteiger charge is 2.37. The Balaban J connectivity index is 1.42. The Morgan fingerprint density at radius 2 is 0.763 bits per heavy atom. The van der Waals surface area contributed by atoms with Crippen LogP contribution in [-0.2, 0) is 0 Å². The standard InChI is InChI=1S/C31H42N4O3/c1-30(2,34-19-15-32(5)16-20-34)28(37)25-11-7-23(8-12-25)27(36)24-9-13-26(14-10-24)29(38)31(3,4)35-21-17-33(6)18-22-35/h7-14H,15-22H2,1-6H3. The van der Waals surface area contributed by atoms with Gasteiger partial charge >= 0.3 is 0 Å². The SMILES string of the molecule is CN1CCN(C(C)(C)C(=O)c2ccc(C(=O)c3ccc(C(=O)C(C)(C)N4CCN(C)CC4)cc3)cc2)CC1. The zero-order valence-electron chi connectivity index (χ0n) is 23.8. The molecular weight excluding hydrogens is 476 g/mol. The number of ketones is 3. The summed E-state index contributed by atoms with van der Waals surface area (Å²) in [6, 6.07) is 13.9. The van der Waals surface area contributed by atoms with E-state index in [1.165, 1.54) is 0 Å². The van der Waals surface area contributed by atoms with E-state index in [1.807, 2.05) is 27.7 Å². The molecule has 4 rings (SSSR count). The summed E-state index contributed by atoms with van der Waals surface area (Å²) >= 11 is 0. The maximum absolute atomic E-state index is 13.3. The number of carbonyl (C=O) groups excluding carboxylic acids is 3. The fraction of sp³-hybridized carbons (Fsp3) is 0.516. The molecule has 0 aliphatic carbocycles. The number of hydrogen-bond acceptors (Lipinski definition) is 7. The molecule has 2 aliphatic rings. The molecular formula is C31H42N4O3. The Labute approximate surface area is 227 Å². The van der Waals surface area contributed by atoms with E-state index in [1.54, 1.807) is 48.5 Å². The van der Waals surface area contributed by atoms with Gasteiger partial charge in [-0.1, -0.05) is 48.5 Å². The Morgan fingerprint density at radius 3 is 1.05 bits per heavy atom. The van der Waals surface area contributed by atoms with Crippen LogP contribution >= 0.6 is 0 Å². The number of hydrogen-bond donors (Lipinski definition) is 0. The van der Waals surface area contributed by atoms with Crippen LogP contribution in [0.1, 0.15) is 64.3 Å². The van der Waals surface area contributed by atoms with Crippen molar-refractivity contribution in [1.82, 2.24) is 19.6 Å². The molecule has 38 heavy (non-hydrogen) atoms. The van der Waals surface area contributed by atoms with Crippen LogP contribution in [0.15, 0.2) is 48.5 Å². The van der Waals surface area contributed by atoms with E-state index in [2.05, 4.69) is 33.7 Å². The summed E-state index contributed by atoms with van der Waals surface area (Å²) in [5, 5.41) is 0. The van der Waals surface area contributed by atoms with Crippen LogP contribution < -0.4 is 0 Å². The molecule has 0 amide bonds. The molecule has 0 N–H and O–H groups in total. The summed E-state index contributed by atoms with van der Waals surface area (Å²) in [6.07, 6.45) is 0. The number of carbonyl (C=O) groups is 3. The summed E-state index contributed by atoms with van der Waals surface area (Å²) in [5.41, 5.74) is 1.06. The first-order valence-electron chi connectivity index (χ1n) is 13.6. The maximum atomic E-state index is 13.3. The van der Waals surface area contributed by atoms with Gasteiger partial charge in [0.05, 0.1) is 11.1 Å². The molecule has 2 heterocycles. The van der Waals surface area contributed by atoms with Crippen LogP contribution in [-0.4, -0.2) is 114 Å². The topological polar surface area (TPSA) is 64.2 Å². The fourth-order valence-corrected chi connectivity index (χ4v) is 5.44. The van der Waals surface area contributed by atoms with Gasteiger partial charge in [0, 0.05) is 74.6 Å². The van der Waals surface area contributed by atoms with Gasteiger partial charge in [-0.15, -0.1) is 0 Å². The van der Waals surface area contributed by atoms with E-state index in [0.29, 0.717) is 22.3 Å². The number of nitrogens with zero attached hydrogens (tertiary/aromatic N) is 4. The van der Waals surface area contributed by atoms with Gasteiger partial charge in [-0.25, -0.2) is 0 Å². The van der Waals surface area contributed by atoms with Gasteiger partial charge in [-0.05, 0) is 41.8 Å². The Hall–Kier alpha value is -2.71. The molecule has 2 aromatic rings. The Bertz CT molecular complexity index is 1060. The molecule has 0 saturated carbocycles. The molecule has 0 radical (unpaired) electrons. The van der Waals surface area contributed by atoms with Crippen molar-refractivity contribution in [2.45, 2.75) is 38.8 Å². The lowest BCUT2D eigenvalue weighted by molar-refractivity contribution is 0.0461. The van der Waals surface area contributed by atoms with E-state index in [0.717, 1.165) is 52.4 Å². The second-order valence-electron chi connectivity index (χ2n) is 11.8. The lowest BCUT2D eigenvalue weighted by atomic mass is 9.89. The number of Topliss-reactive ketones (excluding diaryl/α,β-unsaturated/α-hetero) is 2. The third-order valence-corrected chi connectivity index (χ3v) is 8.52. The first kappa shape index (κ1) is 28.3. The minimum absolute atomic E-state index is 0.0619. The molecule has 7 nitrogen and oxygen atoms in total. The van der Waals surface area contributed by atoms with E-state index in [4.69, 9.17) is 0 Å². The summed E-state index contributed by atoms with van der Waals surface area (Å²) in [7, 11) is 4.20. The zero-order chi connectivity index (χ0) is 27.7. The molecule has 204 valence electrons. The minimum Gasteiger partial charge on any atom is -0.304 e. The average Bonchev–Trinajstić information content (AvgIpc) is 2.92. The van der Waals surface area contributed by atoms with Gasteiger partial charge in [0.15, 0.2) is 17.3 Å². The molecule has 0 spiro atoms. The second kappa shape index (κ2) is 11.2. The lowest BCUT2D eigenvalue weighted by Crippen LogP contribution is -2.57. The Kier molecular flexibility index (Phi) is 8.33. The number of likely N-dealkylation sites (N-methyl/N-ethyl adjacent to an activating group) is 2. The summed E-state index contributed by atoms with van der Waals surface area (Å²) < 4.78 is 0. The molecule has 0 aromatic heterocycles. The molecule has 2 aromatic carbocycles. The third-order valence-electron chi connectivity index (χ3n) is 8.52. The smallest absolute Gasteiger partial charge is 0.193 e. The van der Waals surface area contributed by atoms with Crippen LogP contribution in [0.3, 0.4) is 0 Å². The van der Waals surface area contributed by atoms with Crippen LogP contribution in [0.2, 0.25) is 0 Å². The molecule has 0 unspecified atom stereocenters. The highest BCUT2D eigenvalue weighted by molar-refractivity contribution is 6.11.